The van der Waals surface area contributed by atoms with Crippen molar-refractivity contribution >= 4 is 39.2 Å². The highest BCUT2D eigenvalue weighted by Gasteiger charge is 2.17. The molecule has 1 amide bonds. The second-order valence-corrected chi connectivity index (χ2v) is 8.52. The van der Waals surface area contributed by atoms with E-state index in [-0.39, 0.29) is 11.5 Å². The van der Waals surface area contributed by atoms with Crippen molar-refractivity contribution in [3.63, 3.8) is 0 Å². The molecule has 1 N–H and O–H groups in total. The van der Waals surface area contributed by atoms with Crippen LogP contribution in [0.2, 0.25) is 0 Å². The van der Waals surface area contributed by atoms with Crippen molar-refractivity contribution in [3.8, 4) is 0 Å². The van der Waals surface area contributed by atoms with Crippen molar-refractivity contribution in [2.24, 2.45) is 5.92 Å². The van der Waals surface area contributed by atoms with Gasteiger partial charge in [-0.05, 0) is 24.8 Å². The molecule has 0 aliphatic rings. The van der Waals surface area contributed by atoms with Crippen LogP contribution in [0, 0.1) is 12.8 Å². The predicted molar refractivity (Wildman–Crippen MR) is 103 cm³/mol. The molecule has 0 saturated carbocycles. The molecule has 0 unspecified atom stereocenters. The van der Waals surface area contributed by atoms with Gasteiger partial charge in [0.15, 0.2) is 0 Å². The van der Waals surface area contributed by atoms with Gasteiger partial charge in [0.05, 0.1) is 16.9 Å². The minimum atomic E-state index is -0.0582. The first-order valence-corrected chi connectivity index (χ1v) is 10.1. The maximum absolute atomic E-state index is 12.5. The molecule has 0 bridgehead atoms. The van der Waals surface area contributed by atoms with Gasteiger partial charge in [-0.15, -0.1) is 23.1 Å². The van der Waals surface area contributed by atoms with Gasteiger partial charge in [0.1, 0.15) is 10.7 Å². The van der Waals surface area contributed by atoms with E-state index in [0.29, 0.717) is 23.2 Å². The molecule has 7 heteroatoms. The lowest BCUT2D eigenvalue weighted by Crippen LogP contribution is -2.23. The second kappa shape index (κ2) is 8.16. The Morgan fingerprint density at radius 3 is 2.75 bits per heavy atom. The lowest BCUT2D eigenvalue weighted by Gasteiger charge is -2.09. The minimum absolute atomic E-state index is 0.0582. The number of aromatic nitrogens is 2. The average molecular weight is 368 g/mol. The van der Waals surface area contributed by atoms with Crippen LogP contribution in [0.5, 0.6) is 0 Å². The summed E-state index contributed by atoms with van der Waals surface area (Å²) in [6, 6.07) is 0. The SMILES string of the molecule is CC[C@H](C)Cc1c(C)sc2nc(CSCC(=O)N(C)C)[nH]c(=O)c12. The summed E-state index contributed by atoms with van der Waals surface area (Å²) in [6.07, 6.45) is 2.01. The maximum Gasteiger partial charge on any atom is 0.259 e. The van der Waals surface area contributed by atoms with Crippen LogP contribution in [0.4, 0.5) is 0 Å². The third-order valence-electron chi connectivity index (χ3n) is 4.12. The number of thioether (sulfide) groups is 1. The highest BCUT2D eigenvalue weighted by Crippen LogP contribution is 2.29. The number of hydrogen-bond donors (Lipinski definition) is 1. The Morgan fingerprint density at radius 1 is 1.42 bits per heavy atom. The molecular formula is C17H25N3O2S2. The van der Waals surface area contributed by atoms with Gasteiger partial charge in [0.25, 0.3) is 5.56 Å². The molecule has 2 aromatic rings. The van der Waals surface area contributed by atoms with Crippen molar-refractivity contribution in [2.75, 3.05) is 19.8 Å². The van der Waals surface area contributed by atoms with Crippen LogP contribution < -0.4 is 5.56 Å². The molecule has 24 heavy (non-hydrogen) atoms. The summed E-state index contributed by atoms with van der Waals surface area (Å²) < 4.78 is 0. The van der Waals surface area contributed by atoms with E-state index in [1.54, 1.807) is 30.3 Å². The van der Waals surface area contributed by atoms with Gasteiger partial charge < -0.3 is 9.88 Å². The van der Waals surface area contributed by atoms with Crippen LogP contribution in [0.25, 0.3) is 10.2 Å². The van der Waals surface area contributed by atoms with E-state index < -0.39 is 0 Å². The zero-order valence-electron chi connectivity index (χ0n) is 14.9. The lowest BCUT2D eigenvalue weighted by molar-refractivity contribution is -0.125. The molecule has 5 nitrogen and oxygen atoms in total. The summed E-state index contributed by atoms with van der Waals surface area (Å²) >= 11 is 3.05. The number of thiophene rings is 1. The van der Waals surface area contributed by atoms with Crippen LogP contribution in [-0.4, -0.2) is 40.6 Å². The van der Waals surface area contributed by atoms with Gasteiger partial charge >= 0.3 is 0 Å². The standard InChI is InChI=1S/C17H25N3O2S2/c1-6-10(2)7-12-11(3)24-17-15(12)16(22)18-13(19-17)8-23-9-14(21)20(4)5/h10H,6-9H2,1-5H3,(H,18,19,22)/t10-/m0/s1. The van der Waals surface area contributed by atoms with E-state index in [9.17, 15) is 9.59 Å². The smallest absolute Gasteiger partial charge is 0.259 e. The number of aromatic amines is 1. The Labute approximate surface area is 150 Å². The Bertz CT molecular complexity index is 780. The van der Waals surface area contributed by atoms with Gasteiger partial charge in [0, 0.05) is 19.0 Å². The molecule has 2 rings (SSSR count). The summed E-state index contributed by atoms with van der Waals surface area (Å²) in [4.78, 5) is 35.2. The molecule has 0 fully saturated rings. The Morgan fingerprint density at radius 2 is 2.12 bits per heavy atom. The fourth-order valence-corrected chi connectivity index (χ4v) is 4.33. The lowest BCUT2D eigenvalue weighted by atomic mass is 9.98. The highest BCUT2D eigenvalue weighted by molar-refractivity contribution is 7.99. The molecule has 0 aliphatic heterocycles. The molecule has 132 valence electrons. The normalized spacial score (nSPS) is 12.5. The number of aryl methyl sites for hydroxylation is 1. The number of nitrogens with zero attached hydrogens (tertiary/aromatic N) is 2. The topological polar surface area (TPSA) is 66.1 Å². The number of amides is 1. The first kappa shape index (κ1) is 19.0. The second-order valence-electron chi connectivity index (χ2n) is 6.33. The zero-order valence-corrected chi connectivity index (χ0v) is 16.6. The molecule has 0 aromatic carbocycles. The predicted octanol–water partition coefficient (Wildman–Crippen LogP) is 3.20. The molecule has 0 saturated heterocycles. The van der Waals surface area contributed by atoms with Crippen LogP contribution in [0.15, 0.2) is 4.79 Å². The molecular weight excluding hydrogens is 342 g/mol. The fourth-order valence-electron chi connectivity index (χ4n) is 2.39. The molecule has 1 atom stereocenters. The largest absolute Gasteiger partial charge is 0.348 e. The van der Waals surface area contributed by atoms with E-state index in [4.69, 9.17) is 0 Å². The number of carbonyl (C=O) groups excluding carboxylic acids is 1. The van der Waals surface area contributed by atoms with Crippen molar-refractivity contribution in [2.45, 2.75) is 39.4 Å². The Hall–Kier alpha value is -1.34. The third kappa shape index (κ3) is 4.39. The summed E-state index contributed by atoms with van der Waals surface area (Å²) in [5.41, 5.74) is 1.08. The number of fused-ring (bicyclic) bond motifs is 1. The zero-order chi connectivity index (χ0) is 17.9. The van der Waals surface area contributed by atoms with Gasteiger partial charge in [-0.3, -0.25) is 9.59 Å². The Kier molecular flexibility index (Phi) is 6.46. The highest BCUT2D eigenvalue weighted by atomic mass is 32.2. The van der Waals surface area contributed by atoms with Gasteiger partial charge in [0.2, 0.25) is 5.91 Å². The van der Waals surface area contributed by atoms with Crippen molar-refractivity contribution < 1.29 is 4.79 Å². The quantitative estimate of drug-likeness (QED) is 0.816. The monoisotopic (exact) mass is 367 g/mol. The van der Waals surface area contributed by atoms with Crippen molar-refractivity contribution in [1.82, 2.24) is 14.9 Å². The number of rotatable bonds is 7. The number of nitrogens with one attached hydrogen (secondary N) is 1. The van der Waals surface area contributed by atoms with Crippen LogP contribution >= 0.6 is 23.1 Å². The Balaban J connectivity index is 2.22. The number of H-pyrrole nitrogens is 1. The average Bonchev–Trinajstić information content (AvgIpc) is 2.83. The number of hydrogen-bond acceptors (Lipinski definition) is 5. The van der Waals surface area contributed by atoms with Gasteiger partial charge in [-0.1, -0.05) is 20.3 Å². The van der Waals surface area contributed by atoms with Crippen molar-refractivity contribution in [1.29, 1.82) is 0 Å². The molecule has 0 radical (unpaired) electrons. The summed E-state index contributed by atoms with van der Waals surface area (Å²) in [5.74, 6) is 2.17. The van der Waals surface area contributed by atoms with Crippen LogP contribution in [0.3, 0.4) is 0 Å². The first-order chi connectivity index (χ1) is 11.3. The van der Waals surface area contributed by atoms with Crippen LogP contribution in [0.1, 0.15) is 36.5 Å². The van der Waals surface area contributed by atoms with Crippen molar-refractivity contribution in [3.05, 3.63) is 26.6 Å². The van der Waals surface area contributed by atoms with E-state index in [2.05, 4.69) is 30.7 Å². The maximum atomic E-state index is 12.5. The van der Waals surface area contributed by atoms with E-state index in [0.717, 1.165) is 28.6 Å². The molecule has 0 spiro atoms. The van der Waals surface area contributed by atoms with E-state index >= 15 is 0 Å². The van der Waals surface area contributed by atoms with Gasteiger partial charge in [-0.25, -0.2) is 4.98 Å². The van der Waals surface area contributed by atoms with Gasteiger partial charge in [-0.2, -0.15) is 0 Å². The summed E-state index contributed by atoms with van der Waals surface area (Å²) in [7, 11) is 3.48. The summed E-state index contributed by atoms with van der Waals surface area (Å²) in [5, 5.41) is 0.746. The van der Waals surface area contributed by atoms with E-state index in [1.807, 2.05) is 0 Å². The minimum Gasteiger partial charge on any atom is -0.348 e. The third-order valence-corrected chi connectivity index (χ3v) is 6.09. The molecule has 0 aliphatic carbocycles. The molecule has 2 heterocycles. The summed E-state index contributed by atoms with van der Waals surface area (Å²) in [6.45, 7) is 6.44. The van der Waals surface area contributed by atoms with Crippen LogP contribution in [-0.2, 0) is 17.0 Å². The number of carbonyl (C=O) groups is 1. The first-order valence-electron chi connectivity index (χ1n) is 8.12. The fraction of sp³-hybridized carbons (Fsp3) is 0.588. The van der Waals surface area contributed by atoms with E-state index in [1.165, 1.54) is 16.6 Å². The molecule has 2 aromatic heterocycles.